The van der Waals surface area contributed by atoms with Gasteiger partial charge in [-0.1, -0.05) is 0 Å². The van der Waals surface area contributed by atoms with Gasteiger partial charge < -0.3 is 9.67 Å². The van der Waals surface area contributed by atoms with Crippen molar-refractivity contribution in [3.63, 3.8) is 0 Å². The number of benzene rings is 1. The minimum atomic E-state index is -4.65. The zero-order valence-corrected chi connectivity index (χ0v) is 10.5. The quantitative estimate of drug-likeness (QED) is 0.882. The van der Waals surface area contributed by atoms with E-state index in [1.54, 1.807) is 17.8 Å². The zero-order valence-electron chi connectivity index (χ0n) is 10.5. The van der Waals surface area contributed by atoms with Crippen molar-refractivity contribution in [3.05, 3.63) is 53.4 Å². The Hall–Kier alpha value is -1.89. The van der Waals surface area contributed by atoms with E-state index in [1.165, 1.54) is 6.20 Å². The maximum Gasteiger partial charge on any atom is 0.416 e. The number of hydrogen-bond acceptors (Lipinski definition) is 2. The first kappa shape index (κ1) is 14.5. The lowest BCUT2D eigenvalue weighted by atomic mass is 10.0. The molecule has 0 bridgehead atoms. The summed E-state index contributed by atoms with van der Waals surface area (Å²) < 4.78 is 52.6. The van der Waals surface area contributed by atoms with E-state index >= 15 is 0 Å². The molecule has 0 fully saturated rings. The summed E-state index contributed by atoms with van der Waals surface area (Å²) in [5, 5.41) is 9.94. The van der Waals surface area contributed by atoms with Gasteiger partial charge >= 0.3 is 6.18 Å². The number of aliphatic hydroxyl groups excluding tert-OH is 1. The van der Waals surface area contributed by atoms with E-state index in [1.807, 2.05) is 0 Å². The van der Waals surface area contributed by atoms with Crippen molar-refractivity contribution in [2.75, 3.05) is 0 Å². The summed E-state index contributed by atoms with van der Waals surface area (Å²) in [6, 6.07) is 2.04. The van der Waals surface area contributed by atoms with Crippen molar-refractivity contribution < 1.29 is 22.7 Å². The summed E-state index contributed by atoms with van der Waals surface area (Å²) in [6.45, 7) is 0. The van der Waals surface area contributed by atoms with Gasteiger partial charge in [0.1, 0.15) is 11.6 Å². The average molecular weight is 288 g/mol. The number of imidazole rings is 1. The SMILES string of the molecule is Cn1ccnc1CC(O)c1cc(F)cc(C(F)(F)F)c1. The molecular weight excluding hydrogens is 276 g/mol. The smallest absolute Gasteiger partial charge is 0.388 e. The van der Waals surface area contributed by atoms with E-state index in [9.17, 15) is 22.7 Å². The predicted octanol–water partition coefficient (Wildman–Crippen LogP) is 2.85. The Morgan fingerprint density at radius 3 is 2.55 bits per heavy atom. The third kappa shape index (κ3) is 3.16. The van der Waals surface area contributed by atoms with Crippen molar-refractivity contribution >= 4 is 0 Å². The molecule has 1 aromatic heterocycles. The third-order valence-electron chi connectivity index (χ3n) is 2.93. The molecule has 1 N–H and O–H groups in total. The number of nitrogens with zero attached hydrogens (tertiary/aromatic N) is 2. The fraction of sp³-hybridized carbons (Fsp3) is 0.308. The molecule has 108 valence electrons. The molecule has 3 nitrogen and oxygen atoms in total. The van der Waals surface area contributed by atoms with Crippen LogP contribution < -0.4 is 0 Å². The molecule has 1 atom stereocenters. The molecule has 1 heterocycles. The molecule has 0 saturated carbocycles. The second kappa shape index (κ2) is 5.24. The number of alkyl halides is 3. The summed E-state index contributed by atoms with van der Waals surface area (Å²) in [5.74, 6) is -0.538. The fourth-order valence-electron chi connectivity index (χ4n) is 1.85. The summed E-state index contributed by atoms with van der Waals surface area (Å²) in [6.07, 6.45) is -2.75. The van der Waals surface area contributed by atoms with E-state index in [4.69, 9.17) is 0 Å². The van der Waals surface area contributed by atoms with Crippen LogP contribution in [0.15, 0.2) is 30.6 Å². The molecular formula is C13H12F4N2O. The van der Waals surface area contributed by atoms with Crippen LogP contribution in [0, 0.1) is 5.82 Å². The Kier molecular flexibility index (Phi) is 3.80. The largest absolute Gasteiger partial charge is 0.416 e. The topological polar surface area (TPSA) is 38.0 Å². The number of rotatable bonds is 3. The van der Waals surface area contributed by atoms with Gasteiger partial charge in [0.2, 0.25) is 0 Å². The first-order valence-corrected chi connectivity index (χ1v) is 5.79. The zero-order chi connectivity index (χ0) is 14.9. The highest BCUT2D eigenvalue weighted by atomic mass is 19.4. The second-order valence-electron chi connectivity index (χ2n) is 4.45. The molecule has 0 saturated heterocycles. The summed E-state index contributed by atoms with van der Waals surface area (Å²) in [4.78, 5) is 3.96. The van der Waals surface area contributed by atoms with Crippen LogP contribution in [0.2, 0.25) is 0 Å². The first-order valence-electron chi connectivity index (χ1n) is 5.79. The van der Waals surface area contributed by atoms with Gasteiger partial charge in [-0.05, 0) is 23.8 Å². The Morgan fingerprint density at radius 2 is 2.00 bits per heavy atom. The Balaban J connectivity index is 2.28. The van der Waals surface area contributed by atoms with Crippen LogP contribution in [-0.4, -0.2) is 14.7 Å². The molecule has 1 unspecified atom stereocenters. The molecule has 0 spiro atoms. The lowest BCUT2D eigenvalue weighted by molar-refractivity contribution is -0.137. The van der Waals surface area contributed by atoms with E-state index in [0.717, 1.165) is 12.1 Å². The highest BCUT2D eigenvalue weighted by Crippen LogP contribution is 2.32. The Morgan fingerprint density at radius 1 is 1.30 bits per heavy atom. The molecule has 0 amide bonds. The van der Waals surface area contributed by atoms with Crippen molar-refractivity contribution in [3.8, 4) is 0 Å². The molecule has 2 aromatic rings. The molecule has 7 heteroatoms. The van der Waals surface area contributed by atoms with Crippen molar-refractivity contribution in [2.24, 2.45) is 7.05 Å². The summed E-state index contributed by atoms with van der Waals surface area (Å²) in [5.41, 5.74) is -1.24. The van der Waals surface area contributed by atoms with Crippen LogP contribution in [0.4, 0.5) is 17.6 Å². The molecule has 0 aliphatic carbocycles. The van der Waals surface area contributed by atoms with Gasteiger partial charge in [-0.25, -0.2) is 9.37 Å². The van der Waals surface area contributed by atoms with E-state index in [2.05, 4.69) is 4.98 Å². The van der Waals surface area contributed by atoms with Crippen LogP contribution in [-0.2, 0) is 19.6 Å². The number of halogens is 4. The van der Waals surface area contributed by atoms with Crippen molar-refractivity contribution in [1.29, 1.82) is 0 Å². The maximum absolute atomic E-state index is 13.2. The van der Waals surface area contributed by atoms with E-state index in [0.29, 0.717) is 11.9 Å². The molecule has 0 aliphatic heterocycles. The van der Waals surface area contributed by atoms with Crippen molar-refractivity contribution in [2.45, 2.75) is 18.7 Å². The lowest BCUT2D eigenvalue weighted by Gasteiger charge is -2.14. The highest BCUT2D eigenvalue weighted by Gasteiger charge is 2.32. The van der Waals surface area contributed by atoms with Crippen LogP contribution >= 0.6 is 0 Å². The highest BCUT2D eigenvalue weighted by molar-refractivity contribution is 5.28. The third-order valence-corrected chi connectivity index (χ3v) is 2.93. The van der Waals surface area contributed by atoms with Gasteiger partial charge in [0.15, 0.2) is 0 Å². The van der Waals surface area contributed by atoms with Crippen LogP contribution in [0.5, 0.6) is 0 Å². The standard InChI is InChI=1S/C13H12F4N2O/c1-19-3-2-18-12(19)7-11(20)8-4-9(13(15,16)17)6-10(14)5-8/h2-6,11,20H,7H2,1H3. The summed E-state index contributed by atoms with van der Waals surface area (Å²) >= 11 is 0. The van der Waals surface area contributed by atoms with Gasteiger partial charge in [0.05, 0.1) is 11.7 Å². The Bertz CT molecular complexity index is 607. The number of hydrogen-bond donors (Lipinski definition) is 1. The molecule has 2 rings (SSSR count). The van der Waals surface area contributed by atoms with E-state index in [-0.39, 0.29) is 12.0 Å². The monoisotopic (exact) mass is 288 g/mol. The Labute approximate surface area is 112 Å². The number of aromatic nitrogens is 2. The molecule has 0 aliphatic rings. The maximum atomic E-state index is 13.2. The number of aryl methyl sites for hydroxylation is 1. The number of aliphatic hydroxyl groups is 1. The average Bonchev–Trinajstić information content (AvgIpc) is 2.73. The first-order chi connectivity index (χ1) is 9.27. The normalized spacial score (nSPS) is 13.5. The second-order valence-corrected chi connectivity index (χ2v) is 4.45. The van der Waals surface area contributed by atoms with Crippen LogP contribution in [0.3, 0.4) is 0 Å². The fourth-order valence-corrected chi connectivity index (χ4v) is 1.85. The molecule has 1 aromatic carbocycles. The molecule has 20 heavy (non-hydrogen) atoms. The van der Waals surface area contributed by atoms with Crippen LogP contribution in [0.25, 0.3) is 0 Å². The van der Waals surface area contributed by atoms with Gasteiger partial charge in [0.25, 0.3) is 0 Å². The van der Waals surface area contributed by atoms with Gasteiger partial charge in [-0.3, -0.25) is 0 Å². The minimum Gasteiger partial charge on any atom is -0.388 e. The predicted molar refractivity (Wildman–Crippen MR) is 63.3 cm³/mol. The van der Waals surface area contributed by atoms with Gasteiger partial charge in [0, 0.05) is 25.9 Å². The lowest BCUT2D eigenvalue weighted by Crippen LogP contribution is -2.10. The van der Waals surface area contributed by atoms with Gasteiger partial charge in [-0.2, -0.15) is 13.2 Å². The van der Waals surface area contributed by atoms with Crippen LogP contribution in [0.1, 0.15) is 23.1 Å². The molecule has 0 radical (unpaired) electrons. The van der Waals surface area contributed by atoms with E-state index < -0.39 is 23.7 Å². The van der Waals surface area contributed by atoms with Crippen molar-refractivity contribution in [1.82, 2.24) is 9.55 Å². The minimum absolute atomic E-state index is 0.00422. The van der Waals surface area contributed by atoms with Gasteiger partial charge in [-0.15, -0.1) is 0 Å². The summed E-state index contributed by atoms with van der Waals surface area (Å²) in [7, 11) is 1.70.